The van der Waals surface area contributed by atoms with Gasteiger partial charge in [0.2, 0.25) is 0 Å². The van der Waals surface area contributed by atoms with Crippen LogP contribution in [0.25, 0.3) is 5.65 Å². The molecular weight excluding hydrogens is 226 g/mol. The van der Waals surface area contributed by atoms with E-state index in [0.29, 0.717) is 0 Å². The van der Waals surface area contributed by atoms with Gasteiger partial charge in [0.05, 0.1) is 11.9 Å². The molecule has 0 spiro atoms. The van der Waals surface area contributed by atoms with Crippen molar-refractivity contribution in [2.75, 3.05) is 6.61 Å². The van der Waals surface area contributed by atoms with Crippen molar-refractivity contribution >= 4 is 5.65 Å². The van der Waals surface area contributed by atoms with Crippen LogP contribution in [0.3, 0.4) is 0 Å². The second kappa shape index (κ2) is 5.50. The summed E-state index contributed by atoms with van der Waals surface area (Å²) < 4.78 is 2.11. The molecule has 0 aliphatic rings. The Kier molecular flexibility index (Phi) is 3.99. The molecule has 4 heteroatoms. The standard InChI is InChI=1S/C14H21N3O/c1-10-4-5-14-16-7-13(17(14)8-10)6-15-12(3)11(2)9-18/h4-5,7-8,11-12,15,18H,6,9H2,1-3H3. The van der Waals surface area contributed by atoms with E-state index in [2.05, 4.69) is 40.8 Å². The van der Waals surface area contributed by atoms with Crippen LogP contribution in [0.4, 0.5) is 0 Å². The summed E-state index contributed by atoms with van der Waals surface area (Å²) in [6.07, 6.45) is 4.00. The van der Waals surface area contributed by atoms with Gasteiger partial charge in [-0.1, -0.05) is 13.0 Å². The zero-order chi connectivity index (χ0) is 13.1. The van der Waals surface area contributed by atoms with Crippen LogP contribution in [-0.2, 0) is 6.54 Å². The zero-order valence-corrected chi connectivity index (χ0v) is 11.2. The predicted octanol–water partition coefficient (Wildman–Crippen LogP) is 1.75. The molecule has 2 unspecified atom stereocenters. The normalized spacial score (nSPS) is 14.9. The minimum absolute atomic E-state index is 0.209. The van der Waals surface area contributed by atoms with Gasteiger partial charge in [-0.2, -0.15) is 0 Å². The molecule has 0 aliphatic heterocycles. The summed E-state index contributed by atoms with van der Waals surface area (Å²) in [5.74, 6) is 0.255. The minimum atomic E-state index is 0.209. The number of aliphatic hydroxyl groups excluding tert-OH is 1. The lowest BCUT2D eigenvalue weighted by molar-refractivity contribution is 0.206. The van der Waals surface area contributed by atoms with Gasteiger partial charge in [0, 0.05) is 25.4 Å². The van der Waals surface area contributed by atoms with Crippen molar-refractivity contribution in [3.05, 3.63) is 35.8 Å². The zero-order valence-electron chi connectivity index (χ0n) is 11.2. The van der Waals surface area contributed by atoms with E-state index in [9.17, 15) is 0 Å². The van der Waals surface area contributed by atoms with Crippen molar-refractivity contribution < 1.29 is 5.11 Å². The highest BCUT2D eigenvalue weighted by Gasteiger charge is 2.11. The number of rotatable bonds is 5. The third-order valence-corrected chi connectivity index (χ3v) is 3.48. The van der Waals surface area contributed by atoms with E-state index in [-0.39, 0.29) is 18.6 Å². The predicted molar refractivity (Wildman–Crippen MR) is 72.5 cm³/mol. The molecule has 18 heavy (non-hydrogen) atoms. The first-order valence-corrected chi connectivity index (χ1v) is 6.38. The highest BCUT2D eigenvalue weighted by atomic mass is 16.3. The van der Waals surface area contributed by atoms with Gasteiger partial charge in [-0.3, -0.25) is 0 Å². The van der Waals surface area contributed by atoms with E-state index in [1.165, 1.54) is 5.56 Å². The molecule has 0 amide bonds. The Morgan fingerprint density at radius 2 is 2.17 bits per heavy atom. The first kappa shape index (κ1) is 13.1. The van der Waals surface area contributed by atoms with Crippen molar-refractivity contribution in [1.82, 2.24) is 14.7 Å². The Labute approximate surface area is 108 Å². The van der Waals surface area contributed by atoms with Gasteiger partial charge in [-0.25, -0.2) is 4.98 Å². The number of nitrogens with one attached hydrogen (secondary N) is 1. The Balaban J connectivity index is 2.10. The molecule has 0 saturated carbocycles. The minimum Gasteiger partial charge on any atom is -0.396 e. The molecule has 2 N–H and O–H groups in total. The average Bonchev–Trinajstić information content (AvgIpc) is 2.77. The van der Waals surface area contributed by atoms with Crippen LogP contribution in [-0.4, -0.2) is 27.1 Å². The van der Waals surface area contributed by atoms with E-state index in [4.69, 9.17) is 5.11 Å². The summed E-state index contributed by atoms with van der Waals surface area (Å²) in [7, 11) is 0. The maximum atomic E-state index is 9.11. The van der Waals surface area contributed by atoms with Crippen molar-refractivity contribution in [3.8, 4) is 0 Å². The molecule has 2 aromatic rings. The number of pyridine rings is 1. The fraction of sp³-hybridized carbons (Fsp3) is 0.500. The highest BCUT2D eigenvalue weighted by Crippen LogP contribution is 2.09. The van der Waals surface area contributed by atoms with E-state index in [0.717, 1.165) is 17.9 Å². The van der Waals surface area contributed by atoms with Crippen LogP contribution in [0.15, 0.2) is 24.5 Å². The number of nitrogens with zero attached hydrogens (tertiary/aromatic N) is 2. The van der Waals surface area contributed by atoms with E-state index in [1.54, 1.807) is 0 Å². The van der Waals surface area contributed by atoms with Crippen LogP contribution in [0.2, 0.25) is 0 Å². The van der Waals surface area contributed by atoms with Gasteiger partial charge < -0.3 is 14.8 Å². The Morgan fingerprint density at radius 1 is 1.39 bits per heavy atom. The highest BCUT2D eigenvalue weighted by molar-refractivity contribution is 5.41. The van der Waals surface area contributed by atoms with E-state index < -0.39 is 0 Å². The van der Waals surface area contributed by atoms with Gasteiger partial charge in [-0.05, 0) is 31.4 Å². The molecule has 0 fully saturated rings. The smallest absolute Gasteiger partial charge is 0.136 e. The van der Waals surface area contributed by atoms with Crippen molar-refractivity contribution in [1.29, 1.82) is 0 Å². The van der Waals surface area contributed by atoms with Crippen molar-refractivity contribution in [2.24, 2.45) is 5.92 Å². The van der Waals surface area contributed by atoms with Crippen molar-refractivity contribution in [3.63, 3.8) is 0 Å². The fourth-order valence-electron chi connectivity index (χ4n) is 1.89. The van der Waals surface area contributed by atoms with E-state index >= 15 is 0 Å². The third kappa shape index (κ3) is 2.71. The van der Waals surface area contributed by atoms with Crippen LogP contribution < -0.4 is 5.32 Å². The van der Waals surface area contributed by atoms with Gasteiger partial charge in [0.1, 0.15) is 5.65 Å². The SMILES string of the molecule is Cc1ccc2ncc(CNC(C)C(C)CO)n2c1. The summed E-state index contributed by atoms with van der Waals surface area (Å²) in [6.45, 7) is 7.18. The van der Waals surface area contributed by atoms with Gasteiger partial charge in [-0.15, -0.1) is 0 Å². The summed E-state index contributed by atoms with van der Waals surface area (Å²) >= 11 is 0. The fourth-order valence-corrected chi connectivity index (χ4v) is 1.89. The van der Waals surface area contributed by atoms with Crippen LogP contribution >= 0.6 is 0 Å². The third-order valence-electron chi connectivity index (χ3n) is 3.48. The Morgan fingerprint density at radius 3 is 2.89 bits per heavy atom. The second-order valence-electron chi connectivity index (χ2n) is 5.01. The van der Waals surface area contributed by atoms with E-state index in [1.807, 2.05) is 19.2 Å². The van der Waals surface area contributed by atoms with Gasteiger partial charge in [0.15, 0.2) is 0 Å². The first-order valence-electron chi connectivity index (χ1n) is 6.38. The summed E-state index contributed by atoms with van der Waals surface area (Å²) in [5, 5.41) is 12.5. The van der Waals surface area contributed by atoms with Crippen LogP contribution in [0, 0.1) is 12.8 Å². The second-order valence-corrected chi connectivity index (χ2v) is 5.01. The van der Waals surface area contributed by atoms with Crippen LogP contribution in [0.5, 0.6) is 0 Å². The number of aromatic nitrogens is 2. The number of aliphatic hydroxyl groups is 1. The van der Waals surface area contributed by atoms with Crippen LogP contribution in [0.1, 0.15) is 25.1 Å². The molecule has 0 aromatic carbocycles. The number of fused-ring (bicyclic) bond motifs is 1. The summed E-state index contributed by atoms with van der Waals surface area (Å²) in [4.78, 5) is 4.38. The maximum Gasteiger partial charge on any atom is 0.136 e. The van der Waals surface area contributed by atoms with Gasteiger partial charge >= 0.3 is 0 Å². The molecule has 2 aromatic heterocycles. The quantitative estimate of drug-likeness (QED) is 0.846. The topological polar surface area (TPSA) is 49.6 Å². The Bertz CT molecular complexity index is 521. The largest absolute Gasteiger partial charge is 0.396 e. The van der Waals surface area contributed by atoms with Crippen molar-refractivity contribution in [2.45, 2.75) is 33.4 Å². The lowest BCUT2D eigenvalue weighted by Crippen LogP contribution is -2.33. The molecule has 0 aliphatic carbocycles. The van der Waals surface area contributed by atoms with Gasteiger partial charge in [0.25, 0.3) is 0 Å². The monoisotopic (exact) mass is 247 g/mol. The lowest BCUT2D eigenvalue weighted by atomic mass is 10.1. The molecule has 0 radical (unpaired) electrons. The molecule has 0 bridgehead atoms. The average molecular weight is 247 g/mol. The molecule has 2 atom stereocenters. The lowest BCUT2D eigenvalue weighted by Gasteiger charge is -2.19. The maximum absolute atomic E-state index is 9.11. The Hall–Kier alpha value is -1.39. The molecule has 4 nitrogen and oxygen atoms in total. The molecule has 0 saturated heterocycles. The molecule has 2 rings (SSSR count). The number of aryl methyl sites for hydroxylation is 1. The summed E-state index contributed by atoms with van der Waals surface area (Å²) in [5.41, 5.74) is 3.34. The molecule has 98 valence electrons. The number of hydrogen-bond acceptors (Lipinski definition) is 3. The first-order chi connectivity index (χ1) is 8.61. The number of imidazole rings is 1. The molecular formula is C14H21N3O. The molecule has 2 heterocycles. The summed E-state index contributed by atoms with van der Waals surface area (Å²) in [6, 6.07) is 4.37. The number of hydrogen-bond donors (Lipinski definition) is 2.